The van der Waals surface area contributed by atoms with E-state index in [1.165, 1.54) is 0 Å². The summed E-state index contributed by atoms with van der Waals surface area (Å²) >= 11 is 0. The Morgan fingerprint density at radius 3 is 2.56 bits per heavy atom. The fourth-order valence-corrected chi connectivity index (χ4v) is 2.07. The first-order valence-corrected chi connectivity index (χ1v) is 5.48. The van der Waals surface area contributed by atoms with Crippen molar-refractivity contribution in [2.24, 2.45) is 7.05 Å². The summed E-state index contributed by atoms with van der Waals surface area (Å²) in [5.41, 5.74) is 2.27. The van der Waals surface area contributed by atoms with Gasteiger partial charge in [0.2, 0.25) is 0 Å². The number of hydrogen-bond acceptors (Lipinski definition) is 3. The van der Waals surface area contributed by atoms with Crippen molar-refractivity contribution in [2.45, 2.75) is 38.8 Å². The van der Waals surface area contributed by atoms with Crippen LogP contribution in [0.4, 0.5) is 0 Å². The molecule has 0 radical (unpaired) electrons. The fourth-order valence-electron chi connectivity index (χ4n) is 2.07. The second-order valence-electron chi connectivity index (χ2n) is 4.47. The van der Waals surface area contributed by atoms with Gasteiger partial charge in [-0.25, -0.2) is 0 Å². The Morgan fingerprint density at radius 2 is 2.12 bits per heavy atom. The maximum atomic E-state index is 12.0. The molecule has 0 aliphatic heterocycles. The lowest BCUT2D eigenvalue weighted by Crippen LogP contribution is -2.46. The highest BCUT2D eigenvalue weighted by molar-refractivity contribution is 5.96. The quantitative estimate of drug-likeness (QED) is 0.757. The highest BCUT2D eigenvalue weighted by Crippen LogP contribution is 2.20. The summed E-state index contributed by atoms with van der Waals surface area (Å²) < 4.78 is 1.71. The molecule has 5 nitrogen and oxygen atoms in total. The molecule has 1 fully saturated rings. The van der Waals surface area contributed by atoms with Crippen LogP contribution in [-0.2, 0) is 7.05 Å². The zero-order chi connectivity index (χ0) is 11.9. The summed E-state index contributed by atoms with van der Waals surface area (Å²) in [6, 6.07) is 0.113. The zero-order valence-corrected chi connectivity index (χ0v) is 9.82. The predicted molar refractivity (Wildman–Crippen MR) is 59.2 cm³/mol. The van der Waals surface area contributed by atoms with Gasteiger partial charge in [0, 0.05) is 18.8 Å². The van der Waals surface area contributed by atoms with Crippen LogP contribution >= 0.6 is 0 Å². The maximum Gasteiger partial charge on any atom is 0.255 e. The summed E-state index contributed by atoms with van der Waals surface area (Å²) in [6.45, 7) is 3.71. The normalized spacial score (nSPS) is 24.0. The van der Waals surface area contributed by atoms with Crippen molar-refractivity contribution in [1.82, 2.24) is 15.1 Å². The summed E-state index contributed by atoms with van der Waals surface area (Å²) in [7, 11) is 1.83. The van der Waals surface area contributed by atoms with Gasteiger partial charge < -0.3 is 10.4 Å². The van der Waals surface area contributed by atoms with Crippen molar-refractivity contribution in [2.75, 3.05) is 0 Å². The van der Waals surface area contributed by atoms with Crippen molar-refractivity contribution in [3.05, 3.63) is 17.0 Å². The first-order valence-electron chi connectivity index (χ1n) is 5.48. The van der Waals surface area contributed by atoms with Gasteiger partial charge in [0.25, 0.3) is 5.91 Å². The van der Waals surface area contributed by atoms with E-state index in [4.69, 9.17) is 5.11 Å². The lowest BCUT2D eigenvalue weighted by atomic mass is 9.89. The molecule has 5 heteroatoms. The maximum absolute atomic E-state index is 12.0. The highest BCUT2D eigenvalue weighted by atomic mass is 16.3. The number of aliphatic hydroxyl groups is 1. The van der Waals surface area contributed by atoms with Gasteiger partial charge in [-0.3, -0.25) is 9.48 Å². The SMILES string of the molecule is Cc1nn(C)c(C)c1C(=O)NC1CC(O)C1. The molecule has 1 aromatic rings. The molecular formula is C11H17N3O2. The second-order valence-corrected chi connectivity index (χ2v) is 4.47. The Labute approximate surface area is 94.5 Å². The standard InChI is InChI=1S/C11H17N3O2/c1-6-10(7(2)14(3)13-6)11(16)12-8-4-9(15)5-8/h8-9,15H,4-5H2,1-3H3,(H,12,16). The second kappa shape index (κ2) is 3.90. The number of carbonyl (C=O) groups excluding carboxylic acids is 1. The molecule has 88 valence electrons. The van der Waals surface area contributed by atoms with Crippen LogP contribution in [0.15, 0.2) is 0 Å². The van der Waals surface area contributed by atoms with Gasteiger partial charge in [-0.2, -0.15) is 5.10 Å². The van der Waals surface area contributed by atoms with Crippen LogP contribution in [0.1, 0.15) is 34.6 Å². The molecule has 0 bridgehead atoms. The van der Waals surface area contributed by atoms with E-state index in [1.807, 2.05) is 20.9 Å². The molecule has 1 aliphatic carbocycles. The summed E-state index contributed by atoms with van der Waals surface area (Å²) in [6.07, 6.45) is 1.06. The first-order chi connectivity index (χ1) is 7.49. The first kappa shape index (κ1) is 11.1. The molecule has 1 heterocycles. The van der Waals surface area contributed by atoms with Gasteiger partial charge in [-0.15, -0.1) is 0 Å². The Hall–Kier alpha value is -1.36. The molecule has 2 N–H and O–H groups in total. The summed E-state index contributed by atoms with van der Waals surface area (Å²) in [5.74, 6) is -0.0833. The van der Waals surface area contributed by atoms with Crippen LogP contribution in [0, 0.1) is 13.8 Å². The van der Waals surface area contributed by atoms with Gasteiger partial charge in [0.05, 0.1) is 17.4 Å². The molecule has 1 saturated carbocycles. The van der Waals surface area contributed by atoms with E-state index in [1.54, 1.807) is 4.68 Å². The Kier molecular flexibility index (Phi) is 2.71. The van der Waals surface area contributed by atoms with Gasteiger partial charge in [0.15, 0.2) is 0 Å². The summed E-state index contributed by atoms with van der Waals surface area (Å²) in [4.78, 5) is 12.0. The van der Waals surface area contributed by atoms with Crippen LogP contribution < -0.4 is 5.32 Å². The number of hydrogen-bond donors (Lipinski definition) is 2. The molecule has 1 aliphatic rings. The monoisotopic (exact) mass is 223 g/mol. The third kappa shape index (κ3) is 1.82. The minimum atomic E-state index is -0.249. The Balaban J connectivity index is 2.09. The number of amides is 1. The van der Waals surface area contributed by atoms with Crippen LogP contribution in [0.25, 0.3) is 0 Å². The van der Waals surface area contributed by atoms with Crippen molar-refractivity contribution >= 4 is 5.91 Å². The van der Waals surface area contributed by atoms with Crippen LogP contribution in [0.3, 0.4) is 0 Å². The van der Waals surface area contributed by atoms with Crippen molar-refractivity contribution in [3.8, 4) is 0 Å². The van der Waals surface area contributed by atoms with Crippen LogP contribution in [-0.4, -0.2) is 32.9 Å². The molecule has 16 heavy (non-hydrogen) atoms. The molecule has 1 aromatic heterocycles. The Bertz CT molecular complexity index is 419. The third-order valence-corrected chi connectivity index (χ3v) is 3.18. The van der Waals surface area contributed by atoms with Crippen molar-refractivity contribution < 1.29 is 9.90 Å². The largest absolute Gasteiger partial charge is 0.393 e. The number of carbonyl (C=O) groups is 1. The molecule has 0 unspecified atom stereocenters. The van der Waals surface area contributed by atoms with Gasteiger partial charge in [-0.05, 0) is 26.7 Å². The Morgan fingerprint density at radius 1 is 1.50 bits per heavy atom. The van der Waals surface area contributed by atoms with E-state index in [0.717, 1.165) is 11.4 Å². The van der Waals surface area contributed by atoms with Gasteiger partial charge in [-0.1, -0.05) is 0 Å². The average Bonchev–Trinajstić information content (AvgIpc) is 2.38. The van der Waals surface area contributed by atoms with Gasteiger partial charge in [0.1, 0.15) is 0 Å². The van der Waals surface area contributed by atoms with E-state index in [2.05, 4.69) is 10.4 Å². The number of rotatable bonds is 2. The van der Waals surface area contributed by atoms with Crippen LogP contribution in [0.2, 0.25) is 0 Å². The molecule has 0 saturated heterocycles. The number of aliphatic hydroxyl groups excluding tert-OH is 1. The molecule has 1 amide bonds. The van der Waals surface area contributed by atoms with Gasteiger partial charge >= 0.3 is 0 Å². The molecule has 0 aromatic carbocycles. The number of aromatic nitrogens is 2. The molecule has 0 atom stereocenters. The third-order valence-electron chi connectivity index (χ3n) is 3.18. The average molecular weight is 223 g/mol. The minimum Gasteiger partial charge on any atom is -0.393 e. The van der Waals surface area contributed by atoms with E-state index in [9.17, 15) is 4.79 Å². The fraction of sp³-hybridized carbons (Fsp3) is 0.636. The van der Waals surface area contributed by atoms with E-state index < -0.39 is 0 Å². The number of aryl methyl sites for hydroxylation is 2. The predicted octanol–water partition coefficient (Wildman–Crippen LogP) is 0.290. The topological polar surface area (TPSA) is 67.2 Å². The molecule has 0 spiro atoms. The summed E-state index contributed by atoms with van der Waals surface area (Å²) in [5, 5.41) is 16.3. The lowest BCUT2D eigenvalue weighted by Gasteiger charge is -2.31. The zero-order valence-electron chi connectivity index (χ0n) is 9.82. The van der Waals surface area contributed by atoms with E-state index in [0.29, 0.717) is 18.4 Å². The minimum absolute atomic E-state index is 0.0833. The highest BCUT2D eigenvalue weighted by Gasteiger charge is 2.29. The smallest absolute Gasteiger partial charge is 0.255 e. The number of nitrogens with zero attached hydrogens (tertiary/aromatic N) is 2. The van der Waals surface area contributed by atoms with Crippen molar-refractivity contribution in [3.63, 3.8) is 0 Å². The van der Waals surface area contributed by atoms with E-state index in [-0.39, 0.29) is 18.1 Å². The van der Waals surface area contributed by atoms with Crippen LogP contribution in [0.5, 0.6) is 0 Å². The van der Waals surface area contributed by atoms with Crippen molar-refractivity contribution in [1.29, 1.82) is 0 Å². The molecule has 2 rings (SSSR count). The van der Waals surface area contributed by atoms with E-state index >= 15 is 0 Å². The lowest BCUT2D eigenvalue weighted by molar-refractivity contribution is 0.0562. The molecular weight excluding hydrogens is 206 g/mol. The number of nitrogens with one attached hydrogen (secondary N) is 1.